The summed E-state index contributed by atoms with van der Waals surface area (Å²) in [5.41, 5.74) is 8.90. The molecule has 0 unspecified atom stereocenters. The second kappa shape index (κ2) is 5.31. The highest BCUT2D eigenvalue weighted by atomic mass is 16.5. The molecule has 6 nitrogen and oxygen atoms in total. The van der Waals surface area contributed by atoms with Gasteiger partial charge in [-0.15, -0.1) is 0 Å². The van der Waals surface area contributed by atoms with Gasteiger partial charge in [-0.25, -0.2) is 9.98 Å². The molecule has 6 heteroatoms. The summed E-state index contributed by atoms with van der Waals surface area (Å²) < 4.78 is 7.56. The second-order valence-corrected chi connectivity index (χ2v) is 5.31. The van der Waals surface area contributed by atoms with Crippen molar-refractivity contribution in [2.75, 3.05) is 11.9 Å². The van der Waals surface area contributed by atoms with E-state index < -0.39 is 0 Å². The molecule has 1 aliphatic rings. The molecule has 0 amide bonds. The van der Waals surface area contributed by atoms with Gasteiger partial charge in [0.2, 0.25) is 5.95 Å². The number of rotatable bonds is 3. The second-order valence-electron chi connectivity index (χ2n) is 5.31. The molecule has 2 aromatic carbocycles. The normalized spacial score (nSPS) is 16.6. The predicted molar refractivity (Wildman–Crippen MR) is 90.7 cm³/mol. The van der Waals surface area contributed by atoms with Crippen LogP contribution < -0.4 is 15.8 Å². The highest BCUT2D eigenvalue weighted by Gasteiger charge is 2.24. The first-order chi connectivity index (χ1) is 11.3. The van der Waals surface area contributed by atoms with E-state index in [1.807, 2.05) is 55.5 Å². The monoisotopic (exact) mass is 307 g/mol. The van der Waals surface area contributed by atoms with E-state index in [2.05, 4.69) is 19.9 Å². The maximum absolute atomic E-state index is 5.94. The van der Waals surface area contributed by atoms with Gasteiger partial charge in [0, 0.05) is 0 Å². The highest BCUT2D eigenvalue weighted by Crippen LogP contribution is 2.32. The van der Waals surface area contributed by atoms with Crippen LogP contribution in [-0.4, -0.2) is 22.1 Å². The van der Waals surface area contributed by atoms with Gasteiger partial charge in [0.15, 0.2) is 12.1 Å². The number of nitrogens with zero attached hydrogens (tertiary/aromatic N) is 3. The molecule has 0 spiro atoms. The van der Waals surface area contributed by atoms with Crippen LogP contribution in [0.2, 0.25) is 0 Å². The molecular weight excluding hydrogens is 290 g/mol. The van der Waals surface area contributed by atoms with Gasteiger partial charge in [0.25, 0.3) is 0 Å². The van der Waals surface area contributed by atoms with Gasteiger partial charge in [-0.1, -0.05) is 24.3 Å². The van der Waals surface area contributed by atoms with Crippen LogP contribution in [0.15, 0.2) is 53.5 Å². The number of anilines is 1. The molecule has 1 atom stereocenters. The Hall–Kier alpha value is -3.02. The number of ether oxygens (including phenoxy) is 1. The van der Waals surface area contributed by atoms with Crippen LogP contribution in [0, 0.1) is 0 Å². The Bertz CT molecular complexity index is 882. The number of aromatic nitrogens is 2. The number of benzene rings is 2. The first kappa shape index (κ1) is 13.6. The molecule has 0 fully saturated rings. The number of para-hydroxylation sites is 2. The Balaban J connectivity index is 1.83. The van der Waals surface area contributed by atoms with E-state index >= 15 is 0 Å². The summed E-state index contributed by atoms with van der Waals surface area (Å²) in [6.07, 6.45) is -0.241. The van der Waals surface area contributed by atoms with Gasteiger partial charge in [-0.2, -0.15) is 0 Å². The lowest BCUT2D eigenvalue weighted by molar-refractivity contribution is 0.340. The summed E-state index contributed by atoms with van der Waals surface area (Å²) >= 11 is 0. The van der Waals surface area contributed by atoms with Crippen molar-refractivity contribution in [1.82, 2.24) is 9.55 Å². The van der Waals surface area contributed by atoms with Crippen molar-refractivity contribution in [3.63, 3.8) is 0 Å². The fraction of sp³-hybridized carbons (Fsp3) is 0.176. The summed E-state index contributed by atoms with van der Waals surface area (Å²) in [6.45, 7) is 2.61. The van der Waals surface area contributed by atoms with Gasteiger partial charge in [0.1, 0.15) is 5.75 Å². The SMILES string of the molecule is CCOc1ccc([C@H]2N=C(N)Nc3nc4ccccc4n32)cc1. The third-order valence-corrected chi connectivity index (χ3v) is 3.83. The average molecular weight is 307 g/mol. The van der Waals surface area contributed by atoms with Crippen LogP contribution in [-0.2, 0) is 0 Å². The predicted octanol–water partition coefficient (Wildman–Crippen LogP) is 2.72. The molecule has 0 radical (unpaired) electrons. The third kappa shape index (κ3) is 2.28. The minimum Gasteiger partial charge on any atom is -0.494 e. The van der Waals surface area contributed by atoms with Crippen molar-refractivity contribution in [2.45, 2.75) is 13.1 Å². The smallest absolute Gasteiger partial charge is 0.212 e. The summed E-state index contributed by atoms with van der Waals surface area (Å²) in [5.74, 6) is 1.92. The van der Waals surface area contributed by atoms with Crippen LogP contribution >= 0.6 is 0 Å². The molecule has 116 valence electrons. The van der Waals surface area contributed by atoms with Crippen molar-refractivity contribution in [3.8, 4) is 5.75 Å². The van der Waals surface area contributed by atoms with Crippen LogP contribution in [0.1, 0.15) is 18.7 Å². The standard InChI is InChI=1S/C17H17N5O/c1-2-23-12-9-7-11(8-10-12)15-20-16(18)21-17-19-13-5-3-4-6-14(13)22(15)17/h3-10,15H,2H2,1H3,(H3,18,19,20,21)/t15-/m0/s1. The van der Waals surface area contributed by atoms with Gasteiger partial charge in [-0.3, -0.25) is 9.88 Å². The molecule has 0 saturated carbocycles. The molecule has 3 N–H and O–H groups in total. The summed E-state index contributed by atoms with van der Waals surface area (Å²) in [5, 5.41) is 3.04. The first-order valence-electron chi connectivity index (χ1n) is 7.56. The number of hydrogen-bond acceptors (Lipinski definition) is 5. The molecular formula is C17H17N5O. The van der Waals surface area contributed by atoms with E-state index in [-0.39, 0.29) is 6.17 Å². The Morgan fingerprint density at radius 2 is 1.96 bits per heavy atom. The van der Waals surface area contributed by atoms with Gasteiger partial charge in [-0.05, 0) is 36.8 Å². The van der Waals surface area contributed by atoms with Crippen LogP contribution in [0.5, 0.6) is 5.75 Å². The van der Waals surface area contributed by atoms with Gasteiger partial charge in [0.05, 0.1) is 17.6 Å². The lowest BCUT2D eigenvalue weighted by Crippen LogP contribution is -2.31. The molecule has 1 aromatic heterocycles. The lowest BCUT2D eigenvalue weighted by atomic mass is 10.1. The maximum atomic E-state index is 5.94. The fourth-order valence-electron chi connectivity index (χ4n) is 2.84. The molecule has 0 bridgehead atoms. The average Bonchev–Trinajstić information content (AvgIpc) is 2.93. The van der Waals surface area contributed by atoms with E-state index in [0.717, 1.165) is 22.3 Å². The lowest BCUT2D eigenvalue weighted by Gasteiger charge is -2.23. The van der Waals surface area contributed by atoms with Gasteiger partial charge >= 0.3 is 0 Å². The highest BCUT2D eigenvalue weighted by molar-refractivity contribution is 5.94. The number of aliphatic imine (C=N–C) groups is 1. The minimum atomic E-state index is -0.241. The largest absolute Gasteiger partial charge is 0.494 e. The van der Waals surface area contributed by atoms with E-state index in [1.165, 1.54) is 0 Å². The summed E-state index contributed by atoms with van der Waals surface area (Å²) in [7, 11) is 0. The number of hydrogen-bond donors (Lipinski definition) is 2. The first-order valence-corrected chi connectivity index (χ1v) is 7.56. The molecule has 0 aliphatic carbocycles. The topological polar surface area (TPSA) is 77.5 Å². The Labute approximate surface area is 133 Å². The molecule has 1 aliphatic heterocycles. The van der Waals surface area contributed by atoms with E-state index in [1.54, 1.807) is 0 Å². The van der Waals surface area contributed by atoms with Crippen molar-refractivity contribution >= 4 is 22.9 Å². The zero-order chi connectivity index (χ0) is 15.8. The number of nitrogens with two attached hydrogens (primary N) is 1. The minimum absolute atomic E-state index is 0.241. The molecule has 23 heavy (non-hydrogen) atoms. The Kier molecular flexibility index (Phi) is 3.15. The molecule has 4 rings (SSSR count). The zero-order valence-electron chi connectivity index (χ0n) is 12.7. The van der Waals surface area contributed by atoms with Crippen LogP contribution in [0.3, 0.4) is 0 Å². The Morgan fingerprint density at radius 3 is 2.74 bits per heavy atom. The maximum Gasteiger partial charge on any atom is 0.212 e. The summed E-state index contributed by atoms with van der Waals surface area (Å²) in [6, 6.07) is 15.9. The quantitative estimate of drug-likeness (QED) is 0.780. The van der Waals surface area contributed by atoms with Crippen molar-refractivity contribution in [3.05, 3.63) is 54.1 Å². The van der Waals surface area contributed by atoms with E-state index in [4.69, 9.17) is 10.5 Å². The van der Waals surface area contributed by atoms with Crippen LogP contribution in [0.4, 0.5) is 5.95 Å². The fourth-order valence-corrected chi connectivity index (χ4v) is 2.84. The summed E-state index contributed by atoms with van der Waals surface area (Å²) in [4.78, 5) is 9.15. The Morgan fingerprint density at radius 1 is 1.17 bits per heavy atom. The number of nitrogens with one attached hydrogen (secondary N) is 1. The van der Waals surface area contributed by atoms with Crippen molar-refractivity contribution in [1.29, 1.82) is 0 Å². The van der Waals surface area contributed by atoms with E-state index in [0.29, 0.717) is 18.5 Å². The number of imidazole rings is 1. The van der Waals surface area contributed by atoms with Crippen LogP contribution in [0.25, 0.3) is 11.0 Å². The number of guanidine groups is 1. The van der Waals surface area contributed by atoms with Crippen molar-refractivity contribution < 1.29 is 4.74 Å². The van der Waals surface area contributed by atoms with Gasteiger partial charge < -0.3 is 10.5 Å². The molecule has 2 heterocycles. The third-order valence-electron chi connectivity index (χ3n) is 3.83. The molecule has 0 saturated heterocycles. The van der Waals surface area contributed by atoms with Crippen molar-refractivity contribution in [2.24, 2.45) is 10.7 Å². The molecule has 3 aromatic rings. The van der Waals surface area contributed by atoms with E-state index in [9.17, 15) is 0 Å². The number of fused-ring (bicyclic) bond motifs is 3. The zero-order valence-corrected chi connectivity index (χ0v) is 12.7.